The van der Waals surface area contributed by atoms with E-state index in [9.17, 15) is 29.9 Å². The molecule has 4 heterocycles. The molecule has 1 saturated heterocycles. The second kappa shape index (κ2) is 8.36. The van der Waals surface area contributed by atoms with Crippen LogP contribution in [0.25, 0.3) is 0 Å². The molecular formula is C24H27N3O8. The Bertz CT molecular complexity index is 1270. The number of hydrogen-bond donors (Lipinski definition) is 3. The van der Waals surface area contributed by atoms with Crippen molar-refractivity contribution in [1.82, 2.24) is 9.47 Å². The van der Waals surface area contributed by atoms with Crippen LogP contribution in [0.2, 0.25) is 0 Å². The van der Waals surface area contributed by atoms with Crippen LogP contribution >= 0.6 is 0 Å². The lowest BCUT2D eigenvalue weighted by Gasteiger charge is -2.42. The Labute approximate surface area is 200 Å². The Hall–Kier alpha value is -3.41. The number of ketones is 1. The van der Waals surface area contributed by atoms with Gasteiger partial charge in [-0.1, -0.05) is 0 Å². The van der Waals surface area contributed by atoms with E-state index in [1.165, 1.54) is 22.8 Å². The molecule has 3 aliphatic heterocycles. The zero-order chi connectivity index (χ0) is 25.1. The zero-order valence-electron chi connectivity index (χ0n) is 19.4. The molecule has 1 aromatic heterocycles. The number of Topliss-reactive ketones (excluding diaryl/α,β-unsaturated/α-hetero) is 1. The van der Waals surface area contributed by atoms with Crippen LogP contribution < -0.4 is 20.3 Å². The van der Waals surface area contributed by atoms with Crippen molar-refractivity contribution in [2.75, 3.05) is 19.7 Å². The molecule has 1 amide bonds. The molecular weight excluding hydrogens is 458 g/mol. The Balaban J connectivity index is 1.29. The van der Waals surface area contributed by atoms with Gasteiger partial charge in [0.1, 0.15) is 28.4 Å². The number of nitrogens with one attached hydrogen (secondary N) is 1. The second-order valence-electron chi connectivity index (χ2n) is 10.1. The van der Waals surface area contributed by atoms with Gasteiger partial charge in [-0.3, -0.25) is 14.4 Å². The number of hydrogen-bond acceptors (Lipinski definition) is 8. The number of carbonyl (C=O) groups is 2. The summed E-state index contributed by atoms with van der Waals surface area (Å²) >= 11 is 0. The van der Waals surface area contributed by atoms with Gasteiger partial charge >= 0.3 is 5.56 Å². The summed E-state index contributed by atoms with van der Waals surface area (Å²) in [6, 6.07) is 5.81. The third-order valence-corrected chi connectivity index (χ3v) is 6.86. The van der Waals surface area contributed by atoms with E-state index < -0.39 is 16.4 Å². The Morgan fingerprint density at radius 2 is 2.03 bits per heavy atom. The summed E-state index contributed by atoms with van der Waals surface area (Å²) in [6.45, 7) is 4.48. The maximum Gasteiger partial charge on any atom is 0.315 e. The minimum Gasteiger partial charge on any atom is -0.595 e. The molecule has 11 heteroatoms. The van der Waals surface area contributed by atoms with Gasteiger partial charge in [-0.2, -0.15) is 5.23 Å². The number of fused-ring (bicyclic) bond motifs is 5. The maximum absolute atomic E-state index is 13.0. The molecule has 11 nitrogen and oxygen atoms in total. The molecule has 3 atom stereocenters. The van der Waals surface area contributed by atoms with E-state index in [1.54, 1.807) is 24.8 Å². The number of rotatable bonds is 4. The fraction of sp³-hybridized carbons (Fsp3) is 0.458. The van der Waals surface area contributed by atoms with Crippen molar-refractivity contribution < 1.29 is 34.6 Å². The summed E-state index contributed by atoms with van der Waals surface area (Å²) in [5.74, 6) is -0.309. The molecule has 1 aromatic carbocycles. The van der Waals surface area contributed by atoms with Gasteiger partial charge in [-0.15, -0.1) is 0 Å². The van der Waals surface area contributed by atoms with Gasteiger partial charge in [0.25, 0.3) is 5.91 Å². The lowest BCUT2D eigenvalue weighted by atomic mass is 9.83. The third-order valence-electron chi connectivity index (χ3n) is 6.86. The highest BCUT2D eigenvalue weighted by Gasteiger charge is 2.38. The van der Waals surface area contributed by atoms with Crippen LogP contribution in [0.3, 0.4) is 0 Å². The number of likely N-dealkylation sites (tertiary alicyclic amines) is 1. The van der Waals surface area contributed by atoms with Crippen molar-refractivity contribution in [3.05, 3.63) is 51.1 Å². The van der Waals surface area contributed by atoms with Crippen LogP contribution in [-0.2, 0) is 11.3 Å². The van der Waals surface area contributed by atoms with E-state index in [4.69, 9.17) is 9.47 Å². The maximum atomic E-state index is 13.0. The summed E-state index contributed by atoms with van der Waals surface area (Å²) in [4.78, 5) is 39.6. The summed E-state index contributed by atoms with van der Waals surface area (Å²) < 4.78 is 13.0. The molecule has 1 fully saturated rings. The van der Waals surface area contributed by atoms with Gasteiger partial charge in [0.05, 0.1) is 6.42 Å². The molecule has 0 aliphatic carbocycles. The highest BCUT2D eigenvalue weighted by Crippen LogP contribution is 2.41. The summed E-state index contributed by atoms with van der Waals surface area (Å²) in [5.41, 5.74) is -0.619. The Morgan fingerprint density at radius 3 is 2.77 bits per heavy atom. The van der Waals surface area contributed by atoms with Crippen molar-refractivity contribution in [2.45, 2.75) is 44.8 Å². The normalized spacial score (nSPS) is 23.1. The minimum atomic E-state index is -1.25. The number of phenols is 1. The standard InChI is InChI=1S/C24H27N3O8/c1-24(2)8-19(29)22-18(28)6-15(7-20(22)35-24)34-12-21(30)25-9-13-5-14(11-25)16-3-4-17(27(32)33)23(31)26(16)10-13/h3-4,6-7,13-14,27-28,32H,5,8-12H2,1-2H3/t13-,14-/m0/s1. The molecule has 2 aromatic rings. The Kier molecular flexibility index (Phi) is 5.58. The SMILES string of the molecule is CC1(C)CC(=O)c2c(O)cc(OCC(=O)N3C[C@@H]4C[C@@H](C3)c3ccc([NH+]([O-])O)c(=O)n3C4)cc2O1. The fourth-order valence-electron chi connectivity index (χ4n) is 5.38. The predicted octanol–water partition coefficient (Wildman–Crippen LogP) is 0.726. The van der Waals surface area contributed by atoms with Crippen LogP contribution in [0.5, 0.6) is 17.2 Å². The van der Waals surface area contributed by atoms with Gasteiger partial charge in [-0.25, -0.2) is 5.21 Å². The van der Waals surface area contributed by atoms with E-state index >= 15 is 0 Å². The molecule has 2 bridgehead atoms. The van der Waals surface area contributed by atoms with Crippen LogP contribution in [0.15, 0.2) is 29.1 Å². The summed E-state index contributed by atoms with van der Waals surface area (Å²) in [7, 11) is 0. The molecule has 1 unspecified atom stereocenters. The van der Waals surface area contributed by atoms with E-state index in [0.29, 0.717) is 19.6 Å². The van der Waals surface area contributed by atoms with E-state index in [1.807, 2.05) is 0 Å². The van der Waals surface area contributed by atoms with Gasteiger partial charge in [0.15, 0.2) is 12.4 Å². The Morgan fingerprint density at radius 1 is 1.26 bits per heavy atom. The van der Waals surface area contributed by atoms with Crippen molar-refractivity contribution in [3.63, 3.8) is 0 Å². The highest BCUT2D eigenvalue weighted by atomic mass is 16.8. The van der Waals surface area contributed by atoms with Gasteiger partial charge in [0, 0.05) is 49.4 Å². The smallest absolute Gasteiger partial charge is 0.315 e. The quantitative estimate of drug-likeness (QED) is 0.537. The number of amides is 1. The lowest BCUT2D eigenvalue weighted by molar-refractivity contribution is -0.992. The minimum absolute atomic E-state index is 0.0291. The molecule has 35 heavy (non-hydrogen) atoms. The van der Waals surface area contributed by atoms with Crippen LogP contribution in [0.4, 0.5) is 5.69 Å². The van der Waals surface area contributed by atoms with E-state index in [-0.39, 0.29) is 65.1 Å². The first-order chi connectivity index (χ1) is 16.5. The fourth-order valence-corrected chi connectivity index (χ4v) is 5.38. The molecule has 5 rings (SSSR count). The first-order valence-electron chi connectivity index (χ1n) is 11.5. The third kappa shape index (κ3) is 4.26. The topological polar surface area (TPSA) is 146 Å². The molecule has 0 radical (unpaired) electrons. The number of benzene rings is 1. The summed E-state index contributed by atoms with van der Waals surface area (Å²) in [6.07, 6.45) is 0.965. The molecule has 186 valence electrons. The first-order valence-corrected chi connectivity index (χ1v) is 11.5. The van der Waals surface area contributed by atoms with Crippen molar-refractivity contribution in [2.24, 2.45) is 5.92 Å². The van der Waals surface area contributed by atoms with E-state index in [2.05, 4.69) is 0 Å². The van der Waals surface area contributed by atoms with Crippen molar-refractivity contribution in [1.29, 1.82) is 0 Å². The number of ether oxygens (including phenoxy) is 2. The van der Waals surface area contributed by atoms with Crippen molar-refractivity contribution in [3.8, 4) is 17.2 Å². The number of aromatic hydroxyl groups is 1. The number of aromatic nitrogens is 1. The number of carbonyl (C=O) groups excluding carboxylic acids is 2. The van der Waals surface area contributed by atoms with Gasteiger partial charge in [-0.05, 0) is 32.3 Å². The number of pyridine rings is 1. The first kappa shape index (κ1) is 23.3. The van der Waals surface area contributed by atoms with Crippen LogP contribution in [0, 0.1) is 11.1 Å². The average molecular weight is 485 g/mol. The van der Waals surface area contributed by atoms with E-state index in [0.717, 1.165) is 12.1 Å². The van der Waals surface area contributed by atoms with Crippen LogP contribution in [-0.4, -0.2) is 56.8 Å². The van der Waals surface area contributed by atoms with Crippen LogP contribution in [0.1, 0.15) is 48.7 Å². The summed E-state index contributed by atoms with van der Waals surface area (Å²) in [5, 5.41) is 29.6. The number of piperidine rings is 1. The highest BCUT2D eigenvalue weighted by molar-refractivity contribution is 6.03. The van der Waals surface area contributed by atoms with Crippen molar-refractivity contribution >= 4 is 17.4 Å². The zero-order valence-corrected chi connectivity index (χ0v) is 19.4. The second-order valence-corrected chi connectivity index (χ2v) is 10.1. The average Bonchev–Trinajstić information content (AvgIpc) is 2.76. The molecule has 3 aliphatic rings. The number of nitrogens with zero attached hydrogens (tertiary/aromatic N) is 2. The number of quaternary nitrogens is 1. The predicted molar refractivity (Wildman–Crippen MR) is 121 cm³/mol. The molecule has 0 saturated carbocycles. The number of phenolic OH excluding ortho intramolecular Hbond substituents is 1. The molecule has 0 spiro atoms. The van der Waals surface area contributed by atoms with Gasteiger partial charge < -0.3 is 29.3 Å². The van der Waals surface area contributed by atoms with Gasteiger partial charge in [0.2, 0.25) is 5.69 Å². The largest absolute Gasteiger partial charge is 0.595 e. The lowest BCUT2D eigenvalue weighted by Crippen LogP contribution is -3.00. The monoisotopic (exact) mass is 485 g/mol. The molecule has 3 N–H and O–H groups in total.